The molecule has 0 aliphatic carbocycles. The Hall–Kier alpha value is -2.92. The van der Waals surface area contributed by atoms with Crippen LogP contribution in [-0.4, -0.2) is 35.5 Å². The van der Waals surface area contributed by atoms with Crippen molar-refractivity contribution < 1.29 is 9.53 Å². The molecular weight excluding hydrogens is 338 g/mol. The highest BCUT2D eigenvalue weighted by Crippen LogP contribution is 2.22. The number of nitrogens with zero attached hydrogens (tertiary/aromatic N) is 2. The second-order valence-corrected chi connectivity index (χ2v) is 6.88. The quantitative estimate of drug-likeness (QED) is 0.710. The Balaban J connectivity index is 1.35. The van der Waals surface area contributed by atoms with Crippen LogP contribution < -0.4 is 10.1 Å². The number of carbonyl (C=O) groups excluding carboxylic acids is 1. The Labute approximate surface area is 159 Å². The van der Waals surface area contributed by atoms with Crippen LogP contribution in [0.1, 0.15) is 16.7 Å². The predicted molar refractivity (Wildman–Crippen MR) is 106 cm³/mol. The summed E-state index contributed by atoms with van der Waals surface area (Å²) in [6.45, 7) is 4.95. The maximum atomic E-state index is 12.3. The van der Waals surface area contributed by atoms with Gasteiger partial charge in [-0.15, -0.1) is 0 Å². The van der Waals surface area contributed by atoms with Crippen molar-refractivity contribution in [2.75, 3.05) is 19.7 Å². The fourth-order valence-electron chi connectivity index (χ4n) is 3.50. The van der Waals surface area contributed by atoms with Gasteiger partial charge in [0.2, 0.25) is 0 Å². The van der Waals surface area contributed by atoms with E-state index in [-0.39, 0.29) is 12.5 Å². The van der Waals surface area contributed by atoms with Gasteiger partial charge in [0, 0.05) is 43.3 Å². The SMILES string of the molecule is Cc1cc(CNCCN2Cc3ccccc3OCC2=O)cc2cccnc12. The van der Waals surface area contributed by atoms with Crippen molar-refractivity contribution in [1.29, 1.82) is 0 Å². The number of benzene rings is 2. The monoisotopic (exact) mass is 361 g/mol. The molecule has 0 saturated carbocycles. The van der Waals surface area contributed by atoms with Crippen LogP contribution in [0.2, 0.25) is 0 Å². The third-order valence-corrected chi connectivity index (χ3v) is 4.88. The van der Waals surface area contributed by atoms with Crippen molar-refractivity contribution in [2.45, 2.75) is 20.0 Å². The second kappa shape index (κ2) is 7.76. The van der Waals surface area contributed by atoms with Crippen LogP contribution in [0.25, 0.3) is 10.9 Å². The molecule has 5 nitrogen and oxygen atoms in total. The highest BCUT2D eigenvalue weighted by atomic mass is 16.5. The number of pyridine rings is 1. The minimum atomic E-state index is 0.0284. The van der Waals surface area contributed by atoms with Gasteiger partial charge in [0.05, 0.1) is 5.52 Å². The molecule has 3 aromatic rings. The van der Waals surface area contributed by atoms with Crippen LogP contribution in [0.3, 0.4) is 0 Å². The highest BCUT2D eigenvalue weighted by molar-refractivity contribution is 5.82. The van der Waals surface area contributed by atoms with Crippen LogP contribution in [0.4, 0.5) is 0 Å². The van der Waals surface area contributed by atoms with Gasteiger partial charge in [-0.2, -0.15) is 0 Å². The Kier molecular flexibility index (Phi) is 5.03. The maximum absolute atomic E-state index is 12.3. The highest BCUT2D eigenvalue weighted by Gasteiger charge is 2.20. The summed E-state index contributed by atoms with van der Waals surface area (Å²) in [6, 6.07) is 16.2. The van der Waals surface area contributed by atoms with E-state index in [1.807, 2.05) is 41.4 Å². The molecule has 2 heterocycles. The van der Waals surface area contributed by atoms with Crippen LogP contribution >= 0.6 is 0 Å². The number of hydrogen-bond donors (Lipinski definition) is 1. The van der Waals surface area contributed by atoms with Crippen molar-refractivity contribution in [3.05, 3.63) is 71.4 Å². The van der Waals surface area contributed by atoms with Gasteiger partial charge in [-0.05, 0) is 36.2 Å². The molecule has 0 atom stereocenters. The summed E-state index contributed by atoms with van der Waals surface area (Å²) in [5.41, 5.74) is 4.52. The lowest BCUT2D eigenvalue weighted by atomic mass is 10.1. The van der Waals surface area contributed by atoms with E-state index in [4.69, 9.17) is 4.74 Å². The van der Waals surface area contributed by atoms with E-state index < -0.39 is 0 Å². The fraction of sp³-hybridized carbons (Fsp3) is 0.273. The summed E-state index contributed by atoms with van der Waals surface area (Å²) in [5.74, 6) is 0.835. The summed E-state index contributed by atoms with van der Waals surface area (Å²) in [6.07, 6.45) is 1.83. The van der Waals surface area contributed by atoms with E-state index in [0.717, 1.165) is 35.3 Å². The Morgan fingerprint density at radius 3 is 3.00 bits per heavy atom. The zero-order valence-corrected chi connectivity index (χ0v) is 15.4. The van der Waals surface area contributed by atoms with E-state index in [1.54, 1.807) is 0 Å². The van der Waals surface area contributed by atoms with Crippen molar-refractivity contribution in [3.63, 3.8) is 0 Å². The van der Waals surface area contributed by atoms with E-state index in [1.165, 1.54) is 11.1 Å². The van der Waals surface area contributed by atoms with Gasteiger partial charge < -0.3 is 15.0 Å². The van der Waals surface area contributed by atoms with Gasteiger partial charge in [-0.3, -0.25) is 9.78 Å². The van der Waals surface area contributed by atoms with Crippen LogP contribution in [0.15, 0.2) is 54.7 Å². The molecule has 1 amide bonds. The molecule has 27 heavy (non-hydrogen) atoms. The lowest BCUT2D eigenvalue weighted by molar-refractivity contribution is -0.133. The molecule has 1 N–H and O–H groups in total. The summed E-state index contributed by atoms with van der Waals surface area (Å²) in [5, 5.41) is 4.61. The molecule has 0 spiro atoms. The van der Waals surface area contributed by atoms with Gasteiger partial charge in [0.1, 0.15) is 5.75 Å². The molecule has 138 valence electrons. The van der Waals surface area contributed by atoms with E-state index >= 15 is 0 Å². The van der Waals surface area contributed by atoms with E-state index in [2.05, 4.69) is 35.4 Å². The number of aromatic nitrogens is 1. The molecule has 0 bridgehead atoms. The third kappa shape index (κ3) is 3.93. The van der Waals surface area contributed by atoms with Gasteiger partial charge in [-0.1, -0.05) is 30.3 Å². The fourth-order valence-corrected chi connectivity index (χ4v) is 3.50. The molecule has 0 saturated heterocycles. The molecule has 0 unspecified atom stereocenters. The average Bonchev–Trinajstić information content (AvgIpc) is 2.84. The standard InChI is InChI=1S/C22H23N3O2/c1-16-11-17(12-18-6-4-8-24-22(16)18)13-23-9-10-25-14-19-5-2-3-7-20(19)27-15-21(25)26/h2-8,11-12,23H,9-10,13-15H2,1H3. The molecule has 0 radical (unpaired) electrons. The number of carbonyl (C=O) groups is 1. The minimum Gasteiger partial charge on any atom is -0.483 e. The second-order valence-electron chi connectivity index (χ2n) is 6.88. The summed E-state index contributed by atoms with van der Waals surface area (Å²) in [7, 11) is 0. The lowest BCUT2D eigenvalue weighted by Crippen LogP contribution is -2.37. The predicted octanol–water partition coefficient (Wildman–Crippen LogP) is 3.05. The first-order valence-corrected chi connectivity index (χ1v) is 9.24. The van der Waals surface area contributed by atoms with Crippen molar-refractivity contribution in [1.82, 2.24) is 15.2 Å². The summed E-state index contributed by atoms with van der Waals surface area (Å²) < 4.78 is 5.60. The molecule has 1 aliphatic heterocycles. The van der Waals surface area contributed by atoms with Crippen molar-refractivity contribution >= 4 is 16.8 Å². The van der Waals surface area contributed by atoms with Gasteiger partial charge in [0.25, 0.3) is 5.91 Å². The average molecular weight is 361 g/mol. The topological polar surface area (TPSA) is 54.5 Å². The van der Waals surface area contributed by atoms with Gasteiger partial charge >= 0.3 is 0 Å². The first-order chi connectivity index (χ1) is 13.2. The van der Waals surface area contributed by atoms with Crippen molar-refractivity contribution in [2.24, 2.45) is 0 Å². The Bertz CT molecular complexity index is 971. The van der Waals surface area contributed by atoms with E-state index in [0.29, 0.717) is 13.1 Å². The maximum Gasteiger partial charge on any atom is 0.260 e. The van der Waals surface area contributed by atoms with Gasteiger partial charge in [-0.25, -0.2) is 0 Å². The first kappa shape index (κ1) is 17.5. The molecule has 4 rings (SSSR count). The molecule has 2 aromatic carbocycles. The van der Waals surface area contributed by atoms with Crippen LogP contribution in [0, 0.1) is 6.92 Å². The zero-order valence-electron chi connectivity index (χ0n) is 15.4. The Morgan fingerprint density at radius 1 is 1.19 bits per heavy atom. The molecule has 0 fully saturated rings. The number of para-hydroxylation sites is 1. The number of ether oxygens (including phenoxy) is 1. The molecule has 1 aromatic heterocycles. The van der Waals surface area contributed by atoms with Gasteiger partial charge in [0.15, 0.2) is 6.61 Å². The number of nitrogens with one attached hydrogen (secondary N) is 1. The van der Waals surface area contributed by atoms with E-state index in [9.17, 15) is 4.79 Å². The summed E-state index contributed by atoms with van der Waals surface area (Å²) in [4.78, 5) is 18.6. The largest absolute Gasteiger partial charge is 0.483 e. The lowest BCUT2D eigenvalue weighted by Gasteiger charge is -2.20. The molecule has 1 aliphatic rings. The number of hydrogen-bond acceptors (Lipinski definition) is 4. The first-order valence-electron chi connectivity index (χ1n) is 9.24. The summed E-state index contributed by atoms with van der Waals surface area (Å²) >= 11 is 0. The normalized spacial score (nSPS) is 14.0. The minimum absolute atomic E-state index is 0.0284. The van der Waals surface area contributed by atoms with Crippen molar-refractivity contribution in [3.8, 4) is 5.75 Å². The smallest absolute Gasteiger partial charge is 0.260 e. The number of fused-ring (bicyclic) bond motifs is 2. The molecular formula is C22H23N3O2. The number of rotatable bonds is 5. The molecule has 5 heteroatoms. The zero-order chi connectivity index (χ0) is 18.6. The Morgan fingerprint density at radius 2 is 2.07 bits per heavy atom. The third-order valence-electron chi connectivity index (χ3n) is 4.88. The number of aryl methyl sites for hydroxylation is 1. The van der Waals surface area contributed by atoms with Crippen LogP contribution in [0.5, 0.6) is 5.75 Å². The number of amides is 1. The van der Waals surface area contributed by atoms with Crippen LogP contribution in [-0.2, 0) is 17.9 Å².